The van der Waals surface area contributed by atoms with Crippen LogP contribution in [0.25, 0.3) is 0 Å². The van der Waals surface area contributed by atoms with Gasteiger partial charge < -0.3 is 16.4 Å². The van der Waals surface area contributed by atoms with Gasteiger partial charge in [0, 0.05) is 12.3 Å². The summed E-state index contributed by atoms with van der Waals surface area (Å²) in [6, 6.07) is 21.1. The van der Waals surface area contributed by atoms with Gasteiger partial charge in [0.25, 0.3) is 0 Å². The summed E-state index contributed by atoms with van der Waals surface area (Å²) in [5.41, 5.74) is 15.0. The number of benzene rings is 2. The lowest BCUT2D eigenvalue weighted by Crippen LogP contribution is -2.47. The van der Waals surface area contributed by atoms with Gasteiger partial charge in [-0.15, -0.1) is 0 Å². The molecule has 0 aliphatic heterocycles. The highest BCUT2D eigenvalue weighted by molar-refractivity contribution is 8.04. The number of rotatable bonds is 3. The summed E-state index contributed by atoms with van der Waals surface area (Å²) < 4.78 is 9.30. The van der Waals surface area contributed by atoms with Crippen LogP contribution in [0.2, 0.25) is 0 Å². The molecule has 0 saturated carbocycles. The van der Waals surface area contributed by atoms with Crippen molar-refractivity contribution in [1.82, 2.24) is 0 Å². The normalized spacial score (nSPS) is 15.8. The molecule has 0 bridgehead atoms. The lowest BCUT2D eigenvalue weighted by molar-refractivity contribution is 0.512. The van der Waals surface area contributed by atoms with E-state index in [0.717, 1.165) is 0 Å². The highest BCUT2D eigenvalue weighted by Gasteiger charge is 2.23. The molecule has 0 radical (unpaired) electrons. The molecular formula is C19H21Cl2N2O2P. The molecule has 0 atom stereocenters. The van der Waals surface area contributed by atoms with Crippen LogP contribution in [0.3, 0.4) is 0 Å². The van der Waals surface area contributed by atoms with Crippen LogP contribution in [0.4, 0.5) is 0 Å². The van der Waals surface area contributed by atoms with Crippen LogP contribution < -0.4 is 11.5 Å². The van der Waals surface area contributed by atoms with Crippen molar-refractivity contribution in [2.45, 2.75) is 18.0 Å². The summed E-state index contributed by atoms with van der Waals surface area (Å²) in [5, 5.41) is 0. The van der Waals surface area contributed by atoms with Gasteiger partial charge in [-0.3, -0.25) is 4.57 Å². The predicted molar refractivity (Wildman–Crippen MR) is 109 cm³/mol. The minimum atomic E-state index is -3.69. The number of halogens is 2. The molecule has 0 fully saturated rings. The largest absolute Gasteiger partial charge is 0.377 e. The second-order valence-corrected chi connectivity index (χ2v) is 10.2. The molecule has 7 heteroatoms. The fourth-order valence-electron chi connectivity index (χ4n) is 2.76. The third-order valence-electron chi connectivity index (χ3n) is 3.88. The van der Waals surface area contributed by atoms with Gasteiger partial charge in [0.1, 0.15) is 0 Å². The van der Waals surface area contributed by atoms with Gasteiger partial charge in [0.15, 0.2) is 0 Å². The molecule has 0 saturated heterocycles. The number of hydrogen-bond acceptors (Lipinski definition) is 3. The summed E-state index contributed by atoms with van der Waals surface area (Å²) in [5.74, 6) is 0.222. The first-order valence-electron chi connectivity index (χ1n) is 7.95. The standard InChI is InChI=1S/C19H20N2.Cl2HO2P/c20-19(21)13-11-17(12-14-19)18(15-7-3-1-4-8-15)16-9-5-2-6-10-16;1-5(2,3)4/h1-13,18H,14,20-21H2;(H,3,4). The maximum atomic E-state index is 9.30. The van der Waals surface area contributed by atoms with Crippen molar-refractivity contribution in [1.29, 1.82) is 0 Å². The van der Waals surface area contributed by atoms with E-state index in [1.54, 1.807) is 0 Å². The molecule has 0 unspecified atom stereocenters. The van der Waals surface area contributed by atoms with E-state index in [2.05, 4.69) is 83.2 Å². The van der Waals surface area contributed by atoms with Crippen molar-refractivity contribution < 1.29 is 9.46 Å². The molecule has 4 nitrogen and oxygen atoms in total. The molecule has 0 aromatic heterocycles. The zero-order valence-electron chi connectivity index (χ0n) is 14.0. The molecule has 3 rings (SSSR count). The van der Waals surface area contributed by atoms with Crippen LogP contribution in [0.5, 0.6) is 0 Å². The number of hydrogen-bond donors (Lipinski definition) is 3. The Balaban J connectivity index is 0.000000431. The van der Waals surface area contributed by atoms with E-state index in [1.165, 1.54) is 16.7 Å². The van der Waals surface area contributed by atoms with Crippen LogP contribution in [0.1, 0.15) is 23.5 Å². The van der Waals surface area contributed by atoms with Gasteiger partial charge in [-0.2, -0.15) is 0 Å². The molecule has 1 aliphatic rings. The summed E-state index contributed by atoms with van der Waals surface area (Å²) >= 11 is 8.81. The highest BCUT2D eigenvalue weighted by atomic mass is 35.9. The predicted octanol–water partition coefficient (Wildman–Crippen LogP) is 4.88. The first-order valence-corrected chi connectivity index (χ1v) is 11.4. The monoisotopic (exact) mass is 410 g/mol. The van der Waals surface area contributed by atoms with Gasteiger partial charge in [-0.05, 0) is 45.3 Å². The van der Waals surface area contributed by atoms with Gasteiger partial charge in [-0.1, -0.05) is 72.8 Å². The third-order valence-corrected chi connectivity index (χ3v) is 3.88. The third kappa shape index (κ3) is 7.08. The molecule has 0 amide bonds. The first-order chi connectivity index (χ1) is 12.2. The van der Waals surface area contributed by atoms with Crippen LogP contribution in [0.15, 0.2) is 84.5 Å². The minimum Gasteiger partial charge on any atom is -0.322 e. The molecule has 138 valence electrons. The zero-order valence-corrected chi connectivity index (χ0v) is 16.4. The Kier molecular flexibility index (Phi) is 7.24. The lowest BCUT2D eigenvalue weighted by Gasteiger charge is -2.27. The average Bonchev–Trinajstić information content (AvgIpc) is 2.57. The van der Waals surface area contributed by atoms with Crippen LogP contribution in [0, 0.1) is 0 Å². The molecular weight excluding hydrogens is 390 g/mol. The second-order valence-electron chi connectivity index (χ2n) is 6.04. The maximum absolute atomic E-state index is 9.30. The molecule has 1 aliphatic carbocycles. The van der Waals surface area contributed by atoms with Crippen molar-refractivity contribution in [3.05, 3.63) is 95.6 Å². The topological polar surface area (TPSA) is 89.3 Å². The Labute approximate surface area is 163 Å². The van der Waals surface area contributed by atoms with Crippen LogP contribution in [-0.2, 0) is 4.57 Å². The summed E-state index contributed by atoms with van der Waals surface area (Å²) in [6.45, 7) is 0. The van der Waals surface area contributed by atoms with E-state index >= 15 is 0 Å². The lowest BCUT2D eigenvalue weighted by atomic mass is 9.81. The summed E-state index contributed by atoms with van der Waals surface area (Å²) in [4.78, 5) is 7.61. The molecule has 2 aromatic rings. The number of nitrogens with two attached hydrogens (primary N) is 2. The SMILES string of the molecule is NC1(N)C=CC(C(c2ccccc2)c2ccccc2)=CC1.O=P(O)(Cl)Cl. The van der Waals surface area contributed by atoms with E-state index in [9.17, 15) is 4.57 Å². The molecule has 26 heavy (non-hydrogen) atoms. The minimum absolute atomic E-state index is 0.222. The summed E-state index contributed by atoms with van der Waals surface area (Å²) in [7, 11) is 0. The Hall–Kier alpha value is -1.39. The van der Waals surface area contributed by atoms with E-state index in [0.29, 0.717) is 6.42 Å². The molecule has 2 aromatic carbocycles. The maximum Gasteiger partial charge on any atom is 0.377 e. The Morgan fingerprint density at radius 1 is 0.962 bits per heavy atom. The fraction of sp³-hybridized carbons (Fsp3) is 0.158. The van der Waals surface area contributed by atoms with Gasteiger partial charge in [-0.25, -0.2) is 0 Å². The Bertz CT molecular complexity index is 770. The van der Waals surface area contributed by atoms with E-state index in [1.807, 2.05) is 18.2 Å². The van der Waals surface area contributed by atoms with Crippen molar-refractivity contribution in [2.75, 3.05) is 0 Å². The Morgan fingerprint density at radius 2 is 1.38 bits per heavy atom. The quantitative estimate of drug-likeness (QED) is 0.496. The van der Waals surface area contributed by atoms with Crippen LogP contribution >= 0.6 is 28.6 Å². The van der Waals surface area contributed by atoms with Gasteiger partial charge >= 0.3 is 6.07 Å². The molecule has 0 spiro atoms. The van der Waals surface area contributed by atoms with E-state index < -0.39 is 11.7 Å². The molecule has 5 N–H and O–H groups in total. The number of allylic oxidation sites excluding steroid dienone is 2. The second kappa shape index (κ2) is 9.01. The highest BCUT2D eigenvalue weighted by Crippen LogP contribution is 2.51. The smallest absolute Gasteiger partial charge is 0.322 e. The fourth-order valence-corrected chi connectivity index (χ4v) is 2.76. The van der Waals surface area contributed by atoms with E-state index in [4.69, 9.17) is 16.4 Å². The van der Waals surface area contributed by atoms with Crippen LogP contribution in [-0.4, -0.2) is 10.6 Å². The van der Waals surface area contributed by atoms with Crippen molar-refractivity contribution in [3.63, 3.8) is 0 Å². The van der Waals surface area contributed by atoms with Crippen molar-refractivity contribution >= 4 is 28.6 Å². The van der Waals surface area contributed by atoms with E-state index in [-0.39, 0.29) is 5.92 Å². The average molecular weight is 411 g/mol. The van der Waals surface area contributed by atoms with Crippen molar-refractivity contribution in [3.8, 4) is 0 Å². The summed E-state index contributed by atoms with van der Waals surface area (Å²) in [6.07, 6.45) is 3.09. The van der Waals surface area contributed by atoms with Gasteiger partial charge in [0.05, 0.1) is 5.66 Å². The molecule has 0 heterocycles. The van der Waals surface area contributed by atoms with Crippen molar-refractivity contribution in [2.24, 2.45) is 11.5 Å². The zero-order chi connectivity index (χ0) is 19.2. The van der Waals surface area contributed by atoms with Gasteiger partial charge in [0.2, 0.25) is 0 Å². The first kappa shape index (κ1) is 20.9. The Morgan fingerprint density at radius 3 is 1.73 bits per heavy atom.